The van der Waals surface area contributed by atoms with Crippen LogP contribution in [0.4, 0.5) is 10.1 Å². The molecule has 0 bridgehead atoms. The van der Waals surface area contributed by atoms with Gasteiger partial charge in [-0.15, -0.1) is 5.10 Å². The van der Waals surface area contributed by atoms with Gasteiger partial charge in [-0.1, -0.05) is 16.8 Å². The number of aromatic nitrogens is 3. The second kappa shape index (κ2) is 5.66. The zero-order valence-corrected chi connectivity index (χ0v) is 10.6. The maximum Gasteiger partial charge on any atom is 0.325 e. The third-order valence-electron chi connectivity index (χ3n) is 2.25. The van der Waals surface area contributed by atoms with Crippen molar-refractivity contribution in [2.75, 3.05) is 5.32 Å². The first-order valence-corrected chi connectivity index (χ1v) is 5.72. The monoisotopic (exact) mass is 298 g/mol. The van der Waals surface area contributed by atoms with E-state index in [0.717, 1.165) is 10.7 Å². The van der Waals surface area contributed by atoms with Crippen LogP contribution in [0.3, 0.4) is 0 Å². The smallest absolute Gasteiger partial charge is 0.325 e. The Bertz CT molecular complexity index is 673. The Morgan fingerprint density at radius 1 is 1.45 bits per heavy atom. The Labute approximate surface area is 117 Å². The predicted octanol–water partition coefficient (Wildman–Crippen LogP) is 1.41. The lowest BCUT2D eigenvalue weighted by molar-refractivity contribution is -0.137. The number of anilines is 1. The molecule has 2 aromatic rings. The van der Waals surface area contributed by atoms with E-state index in [1.54, 1.807) is 0 Å². The molecule has 2 N–H and O–H groups in total. The average molecular weight is 299 g/mol. The van der Waals surface area contributed by atoms with E-state index in [0.29, 0.717) is 0 Å². The standard InChI is InChI=1S/C11H8ClFN4O3/c12-7-2-1-6(3-8(7)13)14-11(20)9-4-17(16-15-9)5-10(18)19/h1-4H,5H2,(H,14,20)(H,18,19). The fraction of sp³-hybridized carbons (Fsp3) is 0.0909. The van der Waals surface area contributed by atoms with Gasteiger partial charge in [0, 0.05) is 5.69 Å². The molecule has 0 saturated heterocycles. The van der Waals surface area contributed by atoms with E-state index in [1.807, 2.05) is 0 Å². The van der Waals surface area contributed by atoms with E-state index in [2.05, 4.69) is 15.6 Å². The van der Waals surface area contributed by atoms with E-state index in [-0.39, 0.29) is 16.4 Å². The summed E-state index contributed by atoms with van der Waals surface area (Å²) in [5, 5.41) is 17.9. The molecule has 1 aromatic heterocycles. The highest BCUT2D eigenvalue weighted by Crippen LogP contribution is 2.18. The zero-order chi connectivity index (χ0) is 14.7. The third-order valence-corrected chi connectivity index (χ3v) is 2.55. The van der Waals surface area contributed by atoms with Gasteiger partial charge in [-0.05, 0) is 18.2 Å². The molecule has 2 rings (SSSR count). The fourth-order valence-corrected chi connectivity index (χ4v) is 1.50. The van der Waals surface area contributed by atoms with Crippen molar-refractivity contribution in [1.82, 2.24) is 15.0 Å². The first-order valence-electron chi connectivity index (χ1n) is 5.34. The number of carboxylic acids is 1. The first kappa shape index (κ1) is 13.9. The second-order valence-electron chi connectivity index (χ2n) is 3.78. The minimum Gasteiger partial charge on any atom is -0.480 e. The molecule has 9 heteroatoms. The molecule has 0 aliphatic rings. The quantitative estimate of drug-likeness (QED) is 0.889. The largest absolute Gasteiger partial charge is 0.480 e. The summed E-state index contributed by atoms with van der Waals surface area (Å²) in [6.45, 7) is -0.407. The van der Waals surface area contributed by atoms with Crippen molar-refractivity contribution in [2.24, 2.45) is 0 Å². The lowest BCUT2D eigenvalue weighted by Gasteiger charge is -2.03. The molecule has 0 atom stereocenters. The Morgan fingerprint density at radius 3 is 2.85 bits per heavy atom. The van der Waals surface area contributed by atoms with E-state index in [1.165, 1.54) is 18.3 Å². The molecule has 0 radical (unpaired) electrons. The van der Waals surface area contributed by atoms with Gasteiger partial charge in [0.15, 0.2) is 5.69 Å². The molecule has 0 unspecified atom stereocenters. The molecule has 7 nitrogen and oxygen atoms in total. The maximum atomic E-state index is 13.2. The van der Waals surface area contributed by atoms with E-state index in [4.69, 9.17) is 16.7 Å². The first-order chi connectivity index (χ1) is 9.45. The summed E-state index contributed by atoms with van der Waals surface area (Å²) in [6.07, 6.45) is 1.18. The summed E-state index contributed by atoms with van der Waals surface area (Å²) in [5.41, 5.74) is 0.117. The van der Waals surface area contributed by atoms with Crippen LogP contribution in [-0.2, 0) is 11.3 Å². The summed E-state index contributed by atoms with van der Waals surface area (Å²) >= 11 is 5.52. The number of rotatable bonds is 4. The van der Waals surface area contributed by atoms with Crippen molar-refractivity contribution in [3.8, 4) is 0 Å². The number of benzene rings is 1. The summed E-state index contributed by atoms with van der Waals surface area (Å²) in [5.74, 6) is -2.41. The van der Waals surface area contributed by atoms with Crippen LogP contribution >= 0.6 is 11.6 Å². The van der Waals surface area contributed by atoms with E-state index >= 15 is 0 Å². The van der Waals surface area contributed by atoms with Crippen LogP contribution in [0.25, 0.3) is 0 Å². The number of halogens is 2. The minimum absolute atomic E-state index is 0.0598. The Kier molecular flexibility index (Phi) is 3.94. The molecule has 0 spiro atoms. The Morgan fingerprint density at radius 2 is 2.20 bits per heavy atom. The van der Waals surface area contributed by atoms with Gasteiger partial charge >= 0.3 is 5.97 Å². The molecule has 0 aliphatic heterocycles. The normalized spacial score (nSPS) is 10.3. The van der Waals surface area contributed by atoms with Crippen LogP contribution in [-0.4, -0.2) is 32.0 Å². The number of carboxylic acid groups (broad SMARTS) is 1. The van der Waals surface area contributed by atoms with Crippen LogP contribution in [0, 0.1) is 5.82 Å². The van der Waals surface area contributed by atoms with Crippen molar-refractivity contribution < 1.29 is 19.1 Å². The molecule has 0 aliphatic carbocycles. The summed E-state index contributed by atoms with van der Waals surface area (Å²) < 4.78 is 14.2. The number of aliphatic carboxylic acids is 1. The number of nitrogens with one attached hydrogen (secondary N) is 1. The van der Waals surface area contributed by atoms with E-state index in [9.17, 15) is 14.0 Å². The van der Waals surface area contributed by atoms with Crippen molar-refractivity contribution in [1.29, 1.82) is 0 Å². The van der Waals surface area contributed by atoms with Gasteiger partial charge in [-0.25, -0.2) is 9.07 Å². The highest BCUT2D eigenvalue weighted by atomic mass is 35.5. The number of carbonyl (C=O) groups is 2. The van der Waals surface area contributed by atoms with Crippen LogP contribution in [0.1, 0.15) is 10.5 Å². The van der Waals surface area contributed by atoms with Crippen molar-refractivity contribution in [2.45, 2.75) is 6.54 Å². The number of carbonyl (C=O) groups excluding carboxylic acids is 1. The molecule has 0 saturated carbocycles. The van der Waals surface area contributed by atoms with Crippen molar-refractivity contribution in [3.05, 3.63) is 40.9 Å². The molecular weight excluding hydrogens is 291 g/mol. The van der Waals surface area contributed by atoms with Gasteiger partial charge in [0.2, 0.25) is 0 Å². The molecule has 20 heavy (non-hydrogen) atoms. The minimum atomic E-state index is -1.11. The number of amides is 1. The zero-order valence-electron chi connectivity index (χ0n) is 9.88. The van der Waals surface area contributed by atoms with Crippen LogP contribution in [0.5, 0.6) is 0 Å². The molecule has 1 aromatic carbocycles. The molecule has 104 valence electrons. The summed E-state index contributed by atoms with van der Waals surface area (Å²) in [4.78, 5) is 22.2. The fourth-order valence-electron chi connectivity index (χ4n) is 1.39. The third kappa shape index (κ3) is 3.29. The average Bonchev–Trinajstić information content (AvgIpc) is 2.81. The van der Waals surface area contributed by atoms with Crippen molar-refractivity contribution >= 4 is 29.2 Å². The topological polar surface area (TPSA) is 97.1 Å². The lowest BCUT2D eigenvalue weighted by Crippen LogP contribution is -2.13. The van der Waals surface area contributed by atoms with Gasteiger partial charge in [-0.2, -0.15) is 0 Å². The molecular formula is C11H8ClFN4O3. The Balaban J connectivity index is 2.09. The number of nitrogens with zero attached hydrogens (tertiary/aromatic N) is 3. The van der Waals surface area contributed by atoms with Gasteiger partial charge in [0.05, 0.1) is 11.2 Å². The van der Waals surface area contributed by atoms with Gasteiger partial charge in [-0.3, -0.25) is 9.59 Å². The number of hydrogen-bond donors (Lipinski definition) is 2. The lowest BCUT2D eigenvalue weighted by atomic mass is 10.3. The molecule has 1 amide bonds. The Hall–Kier alpha value is -2.48. The second-order valence-corrected chi connectivity index (χ2v) is 4.19. The van der Waals surface area contributed by atoms with Gasteiger partial charge in [0.1, 0.15) is 12.4 Å². The van der Waals surface area contributed by atoms with Gasteiger partial charge < -0.3 is 10.4 Å². The van der Waals surface area contributed by atoms with Gasteiger partial charge in [0.25, 0.3) is 5.91 Å². The maximum absolute atomic E-state index is 13.2. The summed E-state index contributed by atoms with van der Waals surface area (Å²) in [6, 6.07) is 3.78. The highest BCUT2D eigenvalue weighted by molar-refractivity contribution is 6.30. The molecule has 1 heterocycles. The van der Waals surface area contributed by atoms with E-state index < -0.39 is 24.2 Å². The van der Waals surface area contributed by atoms with Crippen LogP contribution in [0.2, 0.25) is 5.02 Å². The SMILES string of the molecule is O=C(O)Cn1cc(C(=O)Nc2ccc(Cl)c(F)c2)nn1. The molecule has 0 fully saturated rings. The predicted molar refractivity (Wildman–Crippen MR) is 67.0 cm³/mol. The van der Waals surface area contributed by atoms with Crippen molar-refractivity contribution in [3.63, 3.8) is 0 Å². The summed E-state index contributed by atoms with van der Waals surface area (Å²) in [7, 11) is 0. The van der Waals surface area contributed by atoms with Crippen LogP contribution in [0.15, 0.2) is 24.4 Å². The number of hydrogen-bond acceptors (Lipinski definition) is 4. The van der Waals surface area contributed by atoms with Crippen LogP contribution < -0.4 is 5.32 Å². The highest BCUT2D eigenvalue weighted by Gasteiger charge is 2.13.